The largest absolute Gasteiger partial charge is 0.466 e. The Kier molecular flexibility index (Phi) is 6.36. The Morgan fingerprint density at radius 1 is 1.27 bits per heavy atom. The fraction of sp³-hybridized carbons (Fsp3) is 0.483. The normalized spacial score (nSPS) is 30.9. The molecule has 3 saturated heterocycles. The van der Waals surface area contributed by atoms with Crippen molar-refractivity contribution in [3.8, 4) is 0 Å². The molecule has 5 rings (SSSR count). The van der Waals surface area contributed by atoms with Crippen LogP contribution in [0.4, 0.5) is 5.69 Å². The number of aliphatic hydroxyl groups is 1. The third-order valence-electron chi connectivity index (χ3n) is 8.35. The first-order chi connectivity index (χ1) is 17.7. The Balaban J connectivity index is 1.61. The Morgan fingerprint density at radius 3 is 2.68 bits per heavy atom. The van der Waals surface area contributed by atoms with Crippen molar-refractivity contribution in [3.05, 3.63) is 55.1 Å². The van der Waals surface area contributed by atoms with E-state index in [4.69, 9.17) is 9.47 Å². The minimum atomic E-state index is -1.18. The van der Waals surface area contributed by atoms with E-state index in [-0.39, 0.29) is 31.6 Å². The summed E-state index contributed by atoms with van der Waals surface area (Å²) in [7, 11) is 0. The maximum atomic E-state index is 14.5. The predicted octanol–water partition coefficient (Wildman–Crippen LogP) is 3.07. The lowest BCUT2D eigenvalue weighted by Crippen LogP contribution is -2.58. The van der Waals surface area contributed by atoms with Gasteiger partial charge in [0.25, 0.3) is 5.91 Å². The zero-order valence-electron chi connectivity index (χ0n) is 21.6. The maximum Gasteiger partial charge on any atom is 0.312 e. The van der Waals surface area contributed by atoms with Gasteiger partial charge in [0.05, 0.1) is 30.8 Å². The molecule has 196 valence electrons. The minimum Gasteiger partial charge on any atom is -0.466 e. The van der Waals surface area contributed by atoms with Gasteiger partial charge in [0.1, 0.15) is 17.6 Å². The molecule has 1 spiro atoms. The number of amides is 2. The highest BCUT2D eigenvalue weighted by molar-refractivity contribution is 6.05. The van der Waals surface area contributed by atoms with Gasteiger partial charge in [-0.2, -0.15) is 0 Å². The van der Waals surface area contributed by atoms with Crippen LogP contribution in [0.25, 0.3) is 10.8 Å². The molecule has 3 fully saturated rings. The molecule has 2 amide bonds. The number of likely N-dealkylation sites (tertiary alicyclic amines) is 1. The van der Waals surface area contributed by atoms with Crippen molar-refractivity contribution in [3.63, 3.8) is 0 Å². The molecule has 8 heteroatoms. The number of hydrogen-bond acceptors (Lipinski definition) is 6. The molecule has 3 aliphatic rings. The Labute approximate surface area is 216 Å². The van der Waals surface area contributed by atoms with Gasteiger partial charge in [-0.1, -0.05) is 36.4 Å². The van der Waals surface area contributed by atoms with Crippen molar-refractivity contribution >= 4 is 34.2 Å². The quantitative estimate of drug-likeness (QED) is 0.437. The highest BCUT2D eigenvalue weighted by Gasteiger charge is 2.79. The number of rotatable bonds is 8. The van der Waals surface area contributed by atoms with Crippen LogP contribution >= 0.6 is 0 Å². The van der Waals surface area contributed by atoms with E-state index in [1.54, 1.807) is 24.8 Å². The highest BCUT2D eigenvalue weighted by Crippen LogP contribution is 2.63. The minimum absolute atomic E-state index is 0.188. The van der Waals surface area contributed by atoms with Crippen LogP contribution in [-0.2, 0) is 23.9 Å². The molecule has 0 aromatic heterocycles. The molecule has 6 atom stereocenters. The summed E-state index contributed by atoms with van der Waals surface area (Å²) in [6.07, 6.45) is 2.64. The van der Waals surface area contributed by atoms with Gasteiger partial charge >= 0.3 is 5.97 Å². The highest BCUT2D eigenvalue weighted by atomic mass is 16.6. The van der Waals surface area contributed by atoms with Crippen molar-refractivity contribution < 1.29 is 29.0 Å². The molecular weight excluding hydrogens is 472 g/mol. The van der Waals surface area contributed by atoms with Gasteiger partial charge in [-0.3, -0.25) is 14.4 Å². The zero-order chi connectivity index (χ0) is 26.5. The molecule has 3 heterocycles. The van der Waals surface area contributed by atoms with Crippen LogP contribution in [0.3, 0.4) is 0 Å². The van der Waals surface area contributed by atoms with Crippen molar-refractivity contribution in [1.29, 1.82) is 0 Å². The van der Waals surface area contributed by atoms with Gasteiger partial charge in [0.15, 0.2) is 0 Å². The third kappa shape index (κ3) is 3.68. The van der Waals surface area contributed by atoms with Gasteiger partial charge in [-0.05, 0) is 56.5 Å². The van der Waals surface area contributed by atoms with E-state index < -0.39 is 41.1 Å². The Morgan fingerprint density at radius 2 is 2.00 bits per heavy atom. The second-order valence-corrected chi connectivity index (χ2v) is 10.5. The van der Waals surface area contributed by atoms with Crippen LogP contribution in [0.2, 0.25) is 0 Å². The Hall–Kier alpha value is -3.23. The lowest BCUT2D eigenvalue weighted by molar-refractivity contribution is -0.160. The number of nitrogens with zero attached hydrogens (tertiary/aromatic N) is 2. The molecule has 2 aromatic carbocycles. The van der Waals surface area contributed by atoms with E-state index in [0.717, 1.165) is 10.8 Å². The predicted molar refractivity (Wildman–Crippen MR) is 139 cm³/mol. The van der Waals surface area contributed by atoms with Crippen LogP contribution in [0, 0.1) is 11.8 Å². The van der Waals surface area contributed by atoms with Crippen LogP contribution in [0.15, 0.2) is 55.1 Å². The number of hydrogen-bond donors (Lipinski definition) is 1. The monoisotopic (exact) mass is 506 g/mol. The molecule has 37 heavy (non-hydrogen) atoms. The van der Waals surface area contributed by atoms with E-state index in [1.807, 2.05) is 49.4 Å². The average molecular weight is 507 g/mol. The van der Waals surface area contributed by atoms with E-state index in [2.05, 4.69) is 6.58 Å². The SMILES string of the molecule is C=CCN(C(=O)C1N([C@H](C)CO)C(=O)[C@@H]2[C@@H](C(=O)OCC)[C@@]3(C)CCC12O3)c1ccc2ccccc2c1. The molecule has 2 unspecified atom stereocenters. The van der Waals surface area contributed by atoms with Gasteiger partial charge in [-0.25, -0.2) is 0 Å². The standard InChI is InChI=1S/C29H34N2O6/c1-5-15-30(21-12-11-19-9-7-8-10-20(19)16-21)26(34)24-29-14-13-28(4,37-29)23(27(35)36-6-2)22(29)25(33)31(24)18(3)17-32/h5,7-12,16,18,22-24,32H,1,6,13-15,17H2,2-4H3/t18-,22+,23+,24?,28-,29?/m1/s1. The summed E-state index contributed by atoms with van der Waals surface area (Å²) in [4.78, 5) is 44.6. The first-order valence-corrected chi connectivity index (χ1v) is 12.9. The maximum absolute atomic E-state index is 14.5. The van der Waals surface area contributed by atoms with Crippen molar-refractivity contribution in [2.24, 2.45) is 11.8 Å². The molecule has 2 aromatic rings. The summed E-state index contributed by atoms with van der Waals surface area (Å²) < 4.78 is 12.0. The third-order valence-corrected chi connectivity index (χ3v) is 8.35. The van der Waals surface area contributed by atoms with E-state index >= 15 is 0 Å². The van der Waals surface area contributed by atoms with E-state index in [0.29, 0.717) is 18.5 Å². The first-order valence-electron chi connectivity index (χ1n) is 12.9. The summed E-state index contributed by atoms with van der Waals surface area (Å²) in [5.74, 6) is -2.81. The van der Waals surface area contributed by atoms with Crippen molar-refractivity contribution in [1.82, 2.24) is 4.90 Å². The van der Waals surface area contributed by atoms with Crippen molar-refractivity contribution in [2.75, 3.05) is 24.7 Å². The Bertz CT molecular complexity index is 1260. The number of carbonyl (C=O) groups is 3. The number of esters is 1. The average Bonchev–Trinajstić information content (AvgIpc) is 3.47. The summed E-state index contributed by atoms with van der Waals surface area (Å²) in [6.45, 7) is 9.21. The molecule has 1 N–H and O–H groups in total. The van der Waals surface area contributed by atoms with Gasteiger partial charge < -0.3 is 24.4 Å². The summed E-state index contributed by atoms with van der Waals surface area (Å²) in [6, 6.07) is 12.0. The summed E-state index contributed by atoms with van der Waals surface area (Å²) in [5, 5.41) is 12.1. The summed E-state index contributed by atoms with van der Waals surface area (Å²) in [5.41, 5.74) is -1.40. The van der Waals surface area contributed by atoms with Gasteiger partial charge in [0, 0.05) is 12.2 Å². The molecule has 2 bridgehead atoms. The fourth-order valence-electron chi connectivity index (χ4n) is 6.74. The number of fused-ring (bicyclic) bond motifs is 2. The number of carbonyl (C=O) groups excluding carboxylic acids is 3. The fourth-order valence-corrected chi connectivity index (χ4v) is 6.74. The lowest BCUT2D eigenvalue weighted by atomic mass is 9.66. The van der Waals surface area contributed by atoms with Crippen LogP contribution < -0.4 is 4.90 Å². The first kappa shape index (κ1) is 25.4. The number of aliphatic hydroxyl groups excluding tert-OH is 1. The topological polar surface area (TPSA) is 96.4 Å². The molecule has 0 saturated carbocycles. The van der Waals surface area contributed by atoms with Gasteiger partial charge in [0.2, 0.25) is 5.91 Å². The lowest BCUT2D eigenvalue weighted by Gasteiger charge is -2.38. The molecule has 8 nitrogen and oxygen atoms in total. The number of benzene rings is 2. The molecule has 0 radical (unpaired) electrons. The second kappa shape index (κ2) is 9.26. The van der Waals surface area contributed by atoms with Crippen LogP contribution in [0.5, 0.6) is 0 Å². The van der Waals surface area contributed by atoms with Gasteiger partial charge in [-0.15, -0.1) is 6.58 Å². The number of ether oxygens (including phenoxy) is 2. The smallest absolute Gasteiger partial charge is 0.312 e. The second-order valence-electron chi connectivity index (χ2n) is 10.5. The zero-order valence-corrected chi connectivity index (χ0v) is 21.6. The van der Waals surface area contributed by atoms with Crippen LogP contribution in [0.1, 0.15) is 33.6 Å². The van der Waals surface area contributed by atoms with Crippen LogP contribution in [-0.4, -0.2) is 70.8 Å². The molecular formula is C29H34N2O6. The van der Waals surface area contributed by atoms with E-state index in [1.165, 1.54) is 4.90 Å². The molecule has 3 aliphatic heterocycles. The van der Waals surface area contributed by atoms with E-state index in [9.17, 15) is 19.5 Å². The van der Waals surface area contributed by atoms with Crippen molar-refractivity contribution in [2.45, 2.75) is 56.9 Å². The molecule has 0 aliphatic carbocycles. The summed E-state index contributed by atoms with van der Waals surface area (Å²) >= 11 is 0. The number of anilines is 1.